The van der Waals surface area contributed by atoms with E-state index < -0.39 is 0 Å². The van der Waals surface area contributed by atoms with Crippen LogP contribution in [0.1, 0.15) is 46.5 Å². The molecule has 1 heterocycles. The van der Waals surface area contributed by atoms with E-state index in [0.29, 0.717) is 24.3 Å². The Hall–Kier alpha value is -0.570. The number of hydrogen-bond acceptors (Lipinski definition) is 2. The minimum Gasteiger partial charge on any atom is -0.342 e. The second-order valence-electron chi connectivity index (χ2n) is 6.83. The van der Waals surface area contributed by atoms with Gasteiger partial charge in [-0.05, 0) is 43.4 Å². The molecular weight excluding hydrogens is 224 g/mol. The van der Waals surface area contributed by atoms with Crippen molar-refractivity contribution < 1.29 is 4.79 Å². The number of carbonyl (C=O) groups is 1. The van der Waals surface area contributed by atoms with E-state index in [1.165, 1.54) is 0 Å². The first-order valence-corrected chi connectivity index (χ1v) is 7.48. The summed E-state index contributed by atoms with van der Waals surface area (Å²) in [5.41, 5.74) is 5.73. The fourth-order valence-corrected chi connectivity index (χ4v) is 3.45. The van der Waals surface area contributed by atoms with Crippen molar-refractivity contribution in [1.82, 2.24) is 4.90 Å². The Morgan fingerprint density at radius 2 is 1.67 bits per heavy atom. The van der Waals surface area contributed by atoms with Gasteiger partial charge >= 0.3 is 0 Å². The molecule has 0 aromatic heterocycles. The zero-order valence-corrected chi connectivity index (χ0v) is 12.1. The smallest absolute Gasteiger partial charge is 0.230 e. The topological polar surface area (TPSA) is 46.3 Å². The second kappa shape index (κ2) is 5.20. The number of hydrogen-bond donors (Lipinski definition) is 1. The molecule has 0 aromatic rings. The van der Waals surface area contributed by atoms with Gasteiger partial charge in [0.15, 0.2) is 0 Å². The first-order valence-electron chi connectivity index (χ1n) is 7.48. The number of carbonyl (C=O) groups excluding carboxylic acids is 1. The normalized spacial score (nSPS) is 41.1. The molecule has 3 heteroatoms. The van der Waals surface area contributed by atoms with Crippen molar-refractivity contribution in [2.45, 2.75) is 46.5 Å². The van der Waals surface area contributed by atoms with Crippen LogP contribution in [0.5, 0.6) is 0 Å². The molecule has 2 unspecified atom stereocenters. The van der Waals surface area contributed by atoms with Crippen LogP contribution in [-0.2, 0) is 4.79 Å². The maximum Gasteiger partial charge on any atom is 0.230 e. The summed E-state index contributed by atoms with van der Waals surface area (Å²) in [4.78, 5) is 14.9. The lowest BCUT2D eigenvalue weighted by atomic mass is 9.70. The van der Waals surface area contributed by atoms with Crippen molar-refractivity contribution in [3.63, 3.8) is 0 Å². The Balaban J connectivity index is 2.06. The molecule has 2 atom stereocenters. The molecule has 2 aliphatic rings. The highest BCUT2D eigenvalue weighted by Crippen LogP contribution is 2.40. The average molecular weight is 252 g/mol. The van der Waals surface area contributed by atoms with Crippen LogP contribution < -0.4 is 5.73 Å². The summed E-state index contributed by atoms with van der Waals surface area (Å²) in [6, 6.07) is 0. The number of rotatable bonds is 2. The summed E-state index contributed by atoms with van der Waals surface area (Å²) in [6.07, 6.45) is 4.29. The summed E-state index contributed by atoms with van der Waals surface area (Å²) in [5.74, 6) is 2.36. The Kier molecular flexibility index (Phi) is 4.00. The molecule has 1 aliphatic carbocycles. The Morgan fingerprint density at radius 1 is 1.17 bits per heavy atom. The highest BCUT2D eigenvalue weighted by atomic mass is 16.2. The third-order valence-corrected chi connectivity index (χ3v) is 5.35. The van der Waals surface area contributed by atoms with Gasteiger partial charge in [0.05, 0.1) is 5.41 Å². The predicted molar refractivity (Wildman–Crippen MR) is 74.0 cm³/mol. The molecule has 1 saturated heterocycles. The molecule has 3 nitrogen and oxygen atoms in total. The third kappa shape index (κ3) is 2.42. The second-order valence-corrected chi connectivity index (χ2v) is 6.83. The molecule has 2 fully saturated rings. The van der Waals surface area contributed by atoms with E-state index >= 15 is 0 Å². The third-order valence-electron chi connectivity index (χ3n) is 5.35. The van der Waals surface area contributed by atoms with Gasteiger partial charge in [-0.1, -0.05) is 20.8 Å². The summed E-state index contributed by atoms with van der Waals surface area (Å²) in [7, 11) is 0. The van der Waals surface area contributed by atoms with Crippen molar-refractivity contribution in [3.05, 3.63) is 0 Å². The van der Waals surface area contributed by atoms with E-state index in [1.807, 2.05) is 0 Å². The van der Waals surface area contributed by atoms with Gasteiger partial charge in [0, 0.05) is 19.6 Å². The van der Waals surface area contributed by atoms with Crippen LogP contribution in [0.2, 0.25) is 0 Å². The molecule has 0 radical (unpaired) electrons. The van der Waals surface area contributed by atoms with Crippen molar-refractivity contribution in [2.24, 2.45) is 28.9 Å². The maximum atomic E-state index is 12.8. The summed E-state index contributed by atoms with van der Waals surface area (Å²) >= 11 is 0. The standard InChI is InChI=1S/C15H28N2O/c1-11-4-6-15(10-16,7-5-11)14(18)17-8-12(2)13(3)9-17/h11-13H,4-10,16H2,1-3H3. The zero-order chi connectivity index (χ0) is 13.3. The van der Waals surface area contributed by atoms with Gasteiger partial charge in [-0.2, -0.15) is 0 Å². The van der Waals surface area contributed by atoms with Crippen molar-refractivity contribution in [2.75, 3.05) is 19.6 Å². The van der Waals surface area contributed by atoms with Crippen LogP contribution in [0, 0.1) is 23.2 Å². The molecular formula is C15H28N2O. The minimum atomic E-state index is -0.240. The molecule has 2 N–H and O–H groups in total. The largest absolute Gasteiger partial charge is 0.342 e. The van der Waals surface area contributed by atoms with Gasteiger partial charge in [-0.25, -0.2) is 0 Å². The molecule has 104 valence electrons. The van der Waals surface area contributed by atoms with Gasteiger partial charge in [0.25, 0.3) is 0 Å². The fourth-order valence-electron chi connectivity index (χ4n) is 3.45. The van der Waals surface area contributed by atoms with Crippen molar-refractivity contribution in [3.8, 4) is 0 Å². The Morgan fingerprint density at radius 3 is 2.11 bits per heavy atom. The van der Waals surface area contributed by atoms with E-state index in [-0.39, 0.29) is 5.41 Å². The average Bonchev–Trinajstić information content (AvgIpc) is 2.70. The van der Waals surface area contributed by atoms with Gasteiger partial charge in [0.2, 0.25) is 5.91 Å². The molecule has 0 aromatic carbocycles. The van der Waals surface area contributed by atoms with E-state index in [2.05, 4.69) is 25.7 Å². The zero-order valence-electron chi connectivity index (χ0n) is 12.1. The highest BCUT2D eigenvalue weighted by molar-refractivity contribution is 5.83. The van der Waals surface area contributed by atoms with Gasteiger partial charge in [-0.15, -0.1) is 0 Å². The van der Waals surface area contributed by atoms with Crippen LogP contribution in [0.3, 0.4) is 0 Å². The van der Waals surface area contributed by atoms with Crippen LogP contribution in [0.4, 0.5) is 0 Å². The van der Waals surface area contributed by atoms with E-state index in [9.17, 15) is 4.79 Å². The predicted octanol–water partition coefficient (Wildman–Crippen LogP) is 2.26. The fraction of sp³-hybridized carbons (Fsp3) is 0.933. The molecule has 1 saturated carbocycles. The summed E-state index contributed by atoms with van der Waals surface area (Å²) in [5, 5.41) is 0. The number of nitrogens with zero attached hydrogens (tertiary/aromatic N) is 1. The minimum absolute atomic E-state index is 0.240. The molecule has 18 heavy (non-hydrogen) atoms. The Bertz CT molecular complexity index is 298. The van der Waals surface area contributed by atoms with Gasteiger partial charge in [0.1, 0.15) is 0 Å². The summed E-state index contributed by atoms with van der Waals surface area (Å²) < 4.78 is 0. The lowest BCUT2D eigenvalue weighted by Gasteiger charge is -2.39. The first kappa shape index (κ1) is 13.9. The monoisotopic (exact) mass is 252 g/mol. The highest BCUT2D eigenvalue weighted by Gasteiger charge is 2.44. The maximum absolute atomic E-state index is 12.8. The van der Waals surface area contributed by atoms with Crippen LogP contribution in [0.25, 0.3) is 0 Å². The SMILES string of the molecule is CC1CCC(CN)(C(=O)N2CC(C)C(C)C2)CC1. The number of nitrogens with two attached hydrogens (primary N) is 1. The van der Waals surface area contributed by atoms with E-state index in [0.717, 1.165) is 44.7 Å². The molecule has 0 bridgehead atoms. The summed E-state index contributed by atoms with van der Waals surface area (Å²) in [6.45, 7) is 9.16. The molecule has 0 spiro atoms. The van der Waals surface area contributed by atoms with Crippen LogP contribution in [-0.4, -0.2) is 30.4 Å². The van der Waals surface area contributed by atoms with Crippen LogP contribution in [0.15, 0.2) is 0 Å². The lowest BCUT2D eigenvalue weighted by Crippen LogP contribution is -2.49. The van der Waals surface area contributed by atoms with Gasteiger partial charge in [-0.3, -0.25) is 4.79 Å². The quantitative estimate of drug-likeness (QED) is 0.819. The lowest BCUT2D eigenvalue weighted by molar-refractivity contribution is -0.143. The molecule has 1 amide bonds. The van der Waals surface area contributed by atoms with Gasteiger partial charge < -0.3 is 10.6 Å². The first-order chi connectivity index (χ1) is 8.48. The number of amides is 1. The van der Waals surface area contributed by atoms with Crippen LogP contribution >= 0.6 is 0 Å². The molecule has 1 aliphatic heterocycles. The van der Waals surface area contributed by atoms with Crippen molar-refractivity contribution in [1.29, 1.82) is 0 Å². The van der Waals surface area contributed by atoms with E-state index in [1.54, 1.807) is 0 Å². The molecule has 2 rings (SSSR count). The van der Waals surface area contributed by atoms with E-state index in [4.69, 9.17) is 5.73 Å². The Labute approximate surface area is 111 Å². The van der Waals surface area contributed by atoms with Crippen molar-refractivity contribution >= 4 is 5.91 Å². The number of likely N-dealkylation sites (tertiary alicyclic amines) is 1.